The summed E-state index contributed by atoms with van der Waals surface area (Å²) in [5.74, 6) is 0.528. The van der Waals surface area contributed by atoms with E-state index in [1.807, 2.05) is 6.92 Å². The van der Waals surface area contributed by atoms with Crippen LogP contribution in [-0.2, 0) is 27.4 Å². The fraction of sp³-hybridized carbons (Fsp3) is 0.250. The van der Waals surface area contributed by atoms with Gasteiger partial charge in [0.05, 0.1) is 35.3 Å². The predicted octanol–water partition coefficient (Wildman–Crippen LogP) is 6.58. The number of nitrogens with zero attached hydrogens (tertiary/aromatic N) is 2. The SMILES string of the molecule is CCS(=O)c1ccc(CC(=O)Nc2cc(Cl)c(C3(c4noc(-c5ccc(OC)cc5F)n4)CC3)c(Cl)c2)cc1. The smallest absolute Gasteiger partial charge is 0.260 e. The first-order valence-corrected chi connectivity index (χ1v) is 14.3. The fourth-order valence-electron chi connectivity index (χ4n) is 4.45. The molecular weight excluding hydrogens is 564 g/mol. The van der Waals surface area contributed by atoms with E-state index in [4.69, 9.17) is 32.5 Å². The number of ether oxygens (including phenoxy) is 1. The minimum absolute atomic E-state index is 0.0431. The lowest BCUT2D eigenvalue weighted by Gasteiger charge is -2.17. The maximum atomic E-state index is 14.5. The summed E-state index contributed by atoms with van der Waals surface area (Å²) < 4.78 is 36.9. The molecule has 11 heteroatoms. The molecule has 0 radical (unpaired) electrons. The van der Waals surface area contributed by atoms with Gasteiger partial charge in [-0.25, -0.2) is 4.39 Å². The Morgan fingerprint density at radius 1 is 1.13 bits per heavy atom. The number of anilines is 1. The van der Waals surface area contributed by atoms with Gasteiger partial charge in [-0.1, -0.05) is 47.4 Å². The molecule has 0 spiro atoms. The first-order chi connectivity index (χ1) is 18.7. The molecule has 3 aromatic carbocycles. The Balaban J connectivity index is 1.33. The third kappa shape index (κ3) is 5.57. The van der Waals surface area contributed by atoms with Crippen molar-refractivity contribution < 1.29 is 22.7 Å². The lowest BCUT2D eigenvalue weighted by molar-refractivity contribution is -0.115. The molecule has 0 saturated heterocycles. The number of hydrogen-bond donors (Lipinski definition) is 1. The van der Waals surface area contributed by atoms with Gasteiger partial charge in [0.25, 0.3) is 5.89 Å². The van der Waals surface area contributed by atoms with Gasteiger partial charge >= 0.3 is 0 Å². The second-order valence-electron chi connectivity index (χ2n) is 9.17. The monoisotopic (exact) mass is 587 g/mol. The van der Waals surface area contributed by atoms with Crippen molar-refractivity contribution in [3.05, 3.63) is 87.4 Å². The lowest BCUT2D eigenvalue weighted by Crippen LogP contribution is -2.16. The zero-order chi connectivity index (χ0) is 27.7. The summed E-state index contributed by atoms with van der Waals surface area (Å²) in [7, 11) is 0.412. The van der Waals surface area contributed by atoms with Crippen molar-refractivity contribution in [3.8, 4) is 17.2 Å². The van der Waals surface area contributed by atoms with Crippen LogP contribution < -0.4 is 10.1 Å². The maximum absolute atomic E-state index is 14.5. The van der Waals surface area contributed by atoms with E-state index in [0.717, 1.165) is 10.5 Å². The highest BCUT2D eigenvalue weighted by Gasteiger charge is 2.52. The normalized spacial score (nSPS) is 14.6. The maximum Gasteiger partial charge on any atom is 0.260 e. The van der Waals surface area contributed by atoms with Crippen molar-refractivity contribution >= 4 is 45.6 Å². The third-order valence-electron chi connectivity index (χ3n) is 6.63. The number of carbonyl (C=O) groups is 1. The summed E-state index contributed by atoms with van der Waals surface area (Å²) >= 11 is 13.3. The highest BCUT2D eigenvalue weighted by molar-refractivity contribution is 7.85. The van der Waals surface area contributed by atoms with Crippen LogP contribution in [0.1, 0.15) is 36.7 Å². The molecule has 1 aromatic heterocycles. The minimum Gasteiger partial charge on any atom is -0.497 e. The second kappa shape index (κ2) is 11.1. The largest absolute Gasteiger partial charge is 0.497 e. The van der Waals surface area contributed by atoms with Crippen LogP contribution in [0.25, 0.3) is 11.5 Å². The number of benzene rings is 3. The van der Waals surface area contributed by atoms with Crippen molar-refractivity contribution in [3.63, 3.8) is 0 Å². The molecule has 0 bridgehead atoms. The van der Waals surface area contributed by atoms with Crippen LogP contribution >= 0.6 is 23.2 Å². The molecule has 1 atom stereocenters. The number of nitrogens with one attached hydrogen (secondary N) is 1. The van der Waals surface area contributed by atoms with Gasteiger partial charge in [0.2, 0.25) is 5.91 Å². The Labute approximate surface area is 237 Å². The van der Waals surface area contributed by atoms with E-state index in [1.54, 1.807) is 42.5 Å². The van der Waals surface area contributed by atoms with Crippen molar-refractivity contribution in [2.45, 2.75) is 36.5 Å². The molecule has 39 heavy (non-hydrogen) atoms. The van der Waals surface area contributed by atoms with E-state index in [9.17, 15) is 13.4 Å². The van der Waals surface area contributed by atoms with E-state index in [2.05, 4.69) is 15.5 Å². The molecule has 4 aromatic rings. The molecule has 7 nitrogen and oxygen atoms in total. The topological polar surface area (TPSA) is 94.3 Å². The van der Waals surface area contributed by atoms with E-state index in [1.165, 1.54) is 19.2 Å². The van der Waals surface area contributed by atoms with Gasteiger partial charge in [0, 0.05) is 38.0 Å². The molecule has 1 aliphatic carbocycles. The third-order valence-corrected chi connectivity index (χ3v) is 8.55. The molecule has 1 heterocycles. The van der Waals surface area contributed by atoms with Gasteiger partial charge in [-0.15, -0.1) is 0 Å². The highest BCUT2D eigenvalue weighted by atomic mass is 35.5. The summed E-state index contributed by atoms with van der Waals surface area (Å²) in [6.45, 7) is 1.85. The Hall–Kier alpha value is -3.27. The molecule has 1 N–H and O–H groups in total. The van der Waals surface area contributed by atoms with Crippen molar-refractivity contribution in [1.82, 2.24) is 10.1 Å². The molecule has 1 unspecified atom stereocenters. The quantitative estimate of drug-likeness (QED) is 0.238. The molecule has 1 amide bonds. The zero-order valence-corrected chi connectivity index (χ0v) is 23.4. The lowest BCUT2D eigenvalue weighted by atomic mass is 9.94. The minimum atomic E-state index is -1.04. The number of rotatable bonds is 9. The van der Waals surface area contributed by atoms with Crippen molar-refractivity contribution in [2.75, 3.05) is 18.2 Å². The summed E-state index contributed by atoms with van der Waals surface area (Å²) in [5, 5.41) is 7.65. The van der Waals surface area contributed by atoms with Crippen LogP contribution in [0.5, 0.6) is 5.75 Å². The van der Waals surface area contributed by atoms with E-state index in [0.29, 0.717) is 51.5 Å². The molecule has 1 aliphatic rings. The summed E-state index contributed by atoms with van der Waals surface area (Å²) in [4.78, 5) is 17.9. The summed E-state index contributed by atoms with van der Waals surface area (Å²) in [6, 6.07) is 14.8. The van der Waals surface area contributed by atoms with Crippen LogP contribution in [-0.4, -0.2) is 33.1 Å². The Bertz CT molecular complexity index is 1550. The summed E-state index contributed by atoms with van der Waals surface area (Å²) in [5.41, 5.74) is 1.37. The molecule has 1 fully saturated rings. The molecular formula is C28H24Cl2FN3O4S. The predicted molar refractivity (Wildman–Crippen MR) is 148 cm³/mol. The van der Waals surface area contributed by atoms with Crippen molar-refractivity contribution in [1.29, 1.82) is 0 Å². The number of hydrogen-bond acceptors (Lipinski definition) is 6. The number of methoxy groups -OCH3 is 1. The zero-order valence-electron chi connectivity index (χ0n) is 21.1. The van der Waals surface area contributed by atoms with Gasteiger partial charge in [0.1, 0.15) is 11.6 Å². The molecule has 202 valence electrons. The standard InChI is InChI=1S/C28H24Cl2FN3O4S/c1-3-39(36)19-7-4-16(5-8-19)12-24(35)32-17-13-21(29)25(22(30)14-17)28(10-11-28)27-33-26(38-34-27)20-9-6-18(37-2)15-23(20)31/h4-9,13-15H,3,10-12H2,1-2H3,(H,32,35). The van der Waals surface area contributed by atoms with Crippen LogP contribution in [0.15, 0.2) is 64.0 Å². The van der Waals surface area contributed by atoms with Crippen LogP contribution in [0.4, 0.5) is 10.1 Å². The van der Waals surface area contributed by atoms with Crippen LogP contribution in [0, 0.1) is 5.82 Å². The van der Waals surface area contributed by atoms with Gasteiger partial charge < -0.3 is 14.6 Å². The molecule has 5 rings (SSSR count). The number of amides is 1. The molecule has 1 saturated carbocycles. The highest BCUT2D eigenvalue weighted by Crippen LogP contribution is 2.57. The van der Waals surface area contributed by atoms with Gasteiger partial charge in [-0.3, -0.25) is 9.00 Å². The first kappa shape index (κ1) is 27.3. The van der Waals surface area contributed by atoms with Crippen LogP contribution in [0.2, 0.25) is 10.0 Å². The fourth-order valence-corrected chi connectivity index (χ4v) is 6.07. The number of aromatic nitrogens is 2. The first-order valence-electron chi connectivity index (χ1n) is 12.2. The average Bonchev–Trinajstić information content (AvgIpc) is 3.55. The van der Waals surface area contributed by atoms with Crippen LogP contribution in [0.3, 0.4) is 0 Å². The number of halogens is 3. The molecule has 0 aliphatic heterocycles. The van der Waals surface area contributed by atoms with E-state index in [-0.39, 0.29) is 23.8 Å². The summed E-state index contributed by atoms with van der Waals surface area (Å²) in [6.07, 6.45) is 1.50. The van der Waals surface area contributed by atoms with Gasteiger partial charge in [-0.2, -0.15) is 4.98 Å². The van der Waals surface area contributed by atoms with Crippen molar-refractivity contribution in [2.24, 2.45) is 0 Å². The van der Waals surface area contributed by atoms with Gasteiger partial charge in [-0.05, 0) is 54.8 Å². The average molecular weight is 588 g/mol. The Kier molecular flexibility index (Phi) is 7.75. The second-order valence-corrected chi connectivity index (χ2v) is 11.7. The van der Waals surface area contributed by atoms with Gasteiger partial charge in [0.15, 0.2) is 5.82 Å². The van der Waals surface area contributed by atoms with E-state index >= 15 is 0 Å². The Morgan fingerprint density at radius 3 is 2.41 bits per heavy atom. The van der Waals surface area contributed by atoms with E-state index < -0.39 is 22.0 Å². The Morgan fingerprint density at radius 2 is 1.82 bits per heavy atom. The number of carbonyl (C=O) groups excluding carboxylic acids is 1.